The second-order valence-corrected chi connectivity index (χ2v) is 3.33. The maximum absolute atomic E-state index is 8.77. The molecule has 1 heterocycles. The lowest BCUT2D eigenvalue weighted by Crippen LogP contribution is -1.96. The SMILES string of the molecule is N#Cc1nccn1CC=Cc1ccccc1. The van der Waals surface area contributed by atoms with Crippen molar-refractivity contribution in [2.45, 2.75) is 6.54 Å². The molecule has 0 saturated carbocycles. The Morgan fingerprint density at radius 1 is 1.31 bits per heavy atom. The number of nitriles is 1. The molecular weight excluding hydrogens is 198 g/mol. The maximum Gasteiger partial charge on any atom is 0.213 e. The fourth-order valence-corrected chi connectivity index (χ4v) is 1.44. The molecule has 0 aliphatic rings. The minimum atomic E-state index is 0.442. The largest absolute Gasteiger partial charge is 0.319 e. The monoisotopic (exact) mass is 209 g/mol. The van der Waals surface area contributed by atoms with Crippen molar-refractivity contribution in [2.75, 3.05) is 0 Å². The van der Waals surface area contributed by atoms with Crippen molar-refractivity contribution >= 4 is 6.08 Å². The molecule has 0 fully saturated rings. The Balaban J connectivity index is 2.03. The third kappa shape index (κ3) is 2.37. The van der Waals surface area contributed by atoms with Gasteiger partial charge >= 0.3 is 0 Å². The normalized spacial score (nSPS) is 10.4. The van der Waals surface area contributed by atoms with Crippen LogP contribution >= 0.6 is 0 Å². The molecule has 0 bridgehead atoms. The molecule has 2 rings (SSSR count). The lowest BCUT2D eigenvalue weighted by molar-refractivity contribution is 0.806. The molecule has 3 nitrogen and oxygen atoms in total. The van der Waals surface area contributed by atoms with Gasteiger partial charge in [-0.2, -0.15) is 5.26 Å². The van der Waals surface area contributed by atoms with Crippen molar-refractivity contribution in [2.24, 2.45) is 0 Å². The van der Waals surface area contributed by atoms with Gasteiger partial charge in [-0.3, -0.25) is 0 Å². The van der Waals surface area contributed by atoms with Gasteiger partial charge in [0.15, 0.2) is 0 Å². The second-order valence-electron chi connectivity index (χ2n) is 3.33. The Kier molecular flexibility index (Phi) is 3.15. The van der Waals surface area contributed by atoms with E-state index in [0.29, 0.717) is 12.4 Å². The lowest BCUT2D eigenvalue weighted by atomic mass is 10.2. The molecule has 1 aromatic carbocycles. The molecule has 1 aromatic heterocycles. The van der Waals surface area contributed by atoms with E-state index in [2.05, 4.69) is 4.98 Å². The zero-order valence-corrected chi connectivity index (χ0v) is 8.74. The van der Waals surface area contributed by atoms with Crippen LogP contribution in [0, 0.1) is 11.3 Å². The molecule has 0 aliphatic carbocycles. The van der Waals surface area contributed by atoms with Crippen LogP contribution < -0.4 is 0 Å². The van der Waals surface area contributed by atoms with E-state index in [1.165, 1.54) is 0 Å². The van der Waals surface area contributed by atoms with Crippen molar-refractivity contribution < 1.29 is 0 Å². The summed E-state index contributed by atoms with van der Waals surface area (Å²) < 4.78 is 1.80. The molecule has 0 radical (unpaired) electrons. The predicted molar refractivity (Wildman–Crippen MR) is 62.4 cm³/mol. The molecule has 3 heteroatoms. The lowest BCUT2D eigenvalue weighted by Gasteiger charge is -1.97. The fourth-order valence-electron chi connectivity index (χ4n) is 1.44. The Hall–Kier alpha value is -2.34. The van der Waals surface area contributed by atoms with Crippen LogP contribution in [0.2, 0.25) is 0 Å². The van der Waals surface area contributed by atoms with Gasteiger partial charge in [-0.15, -0.1) is 0 Å². The van der Waals surface area contributed by atoms with Gasteiger partial charge in [0.2, 0.25) is 5.82 Å². The van der Waals surface area contributed by atoms with Crippen LogP contribution in [0.4, 0.5) is 0 Å². The number of aromatic nitrogens is 2. The molecule has 0 atom stereocenters. The first-order chi connectivity index (χ1) is 7.90. The van der Waals surface area contributed by atoms with E-state index >= 15 is 0 Å². The van der Waals surface area contributed by atoms with Crippen LogP contribution in [0.3, 0.4) is 0 Å². The first-order valence-corrected chi connectivity index (χ1v) is 5.03. The van der Waals surface area contributed by atoms with Crippen molar-refractivity contribution in [3.63, 3.8) is 0 Å². The number of allylic oxidation sites excluding steroid dienone is 1. The van der Waals surface area contributed by atoms with Gasteiger partial charge < -0.3 is 4.57 Å². The molecule has 78 valence electrons. The summed E-state index contributed by atoms with van der Waals surface area (Å²) in [5.41, 5.74) is 1.15. The van der Waals surface area contributed by atoms with Crippen LogP contribution in [-0.2, 0) is 6.54 Å². The summed E-state index contributed by atoms with van der Waals surface area (Å²) in [5.74, 6) is 0.442. The van der Waals surface area contributed by atoms with Gasteiger partial charge in [-0.05, 0) is 5.56 Å². The van der Waals surface area contributed by atoms with Gasteiger partial charge in [-0.1, -0.05) is 42.5 Å². The minimum Gasteiger partial charge on any atom is -0.319 e. The number of imidazole rings is 1. The van der Waals surface area contributed by atoms with Crippen LogP contribution in [0.5, 0.6) is 0 Å². The van der Waals surface area contributed by atoms with Crippen LogP contribution in [0.25, 0.3) is 6.08 Å². The summed E-state index contributed by atoms with van der Waals surface area (Å²) in [6, 6.07) is 12.1. The van der Waals surface area contributed by atoms with Crippen molar-refractivity contribution in [1.29, 1.82) is 5.26 Å². The van der Waals surface area contributed by atoms with E-state index in [1.54, 1.807) is 17.0 Å². The Morgan fingerprint density at radius 3 is 2.88 bits per heavy atom. The van der Waals surface area contributed by atoms with Crippen molar-refractivity contribution in [3.05, 3.63) is 60.2 Å². The van der Waals surface area contributed by atoms with Gasteiger partial charge in [0.25, 0.3) is 0 Å². The first-order valence-electron chi connectivity index (χ1n) is 5.03. The van der Waals surface area contributed by atoms with Crippen LogP contribution in [0.1, 0.15) is 11.4 Å². The van der Waals surface area contributed by atoms with E-state index in [4.69, 9.17) is 5.26 Å². The van der Waals surface area contributed by atoms with Gasteiger partial charge in [-0.25, -0.2) is 4.98 Å². The van der Waals surface area contributed by atoms with E-state index in [0.717, 1.165) is 5.56 Å². The van der Waals surface area contributed by atoms with Gasteiger partial charge in [0, 0.05) is 18.9 Å². The Morgan fingerprint density at radius 2 is 2.12 bits per heavy atom. The zero-order valence-electron chi connectivity index (χ0n) is 8.74. The molecule has 0 aliphatic heterocycles. The molecule has 0 unspecified atom stereocenters. The summed E-state index contributed by atoms with van der Waals surface area (Å²) in [4.78, 5) is 3.93. The number of rotatable bonds is 3. The van der Waals surface area contributed by atoms with Crippen molar-refractivity contribution in [3.8, 4) is 6.07 Å². The molecule has 0 N–H and O–H groups in total. The van der Waals surface area contributed by atoms with E-state index in [1.807, 2.05) is 48.6 Å². The molecule has 0 spiro atoms. The molecule has 0 saturated heterocycles. The maximum atomic E-state index is 8.77. The number of benzene rings is 1. The highest BCUT2D eigenvalue weighted by Crippen LogP contribution is 2.02. The van der Waals surface area contributed by atoms with Crippen molar-refractivity contribution in [1.82, 2.24) is 9.55 Å². The summed E-state index contributed by atoms with van der Waals surface area (Å²) in [6.45, 7) is 0.664. The highest BCUT2D eigenvalue weighted by molar-refractivity contribution is 5.48. The average Bonchev–Trinajstić information content (AvgIpc) is 2.78. The summed E-state index contributed by atoms with van der Waals surface area (Å²) in [7, 11) is 0. The third-order valence-corrected chi connectivity index (χ3v) is 2.23. The average molecular weight is 209 g/mol. The number of hydrogen-bond acceptors (Lipinski definition) is 2. The summed E-state index contributed by atoms with van der Waals surface area (Å²) >= 11 is 0. The highest BCUT2D eigenvalue weighted by Gasteiger charge is 1.97. The minimum absolute atomic E-state index is 0.442. The standard InChI is InChI=1S/C13H11N3/c14-11-13-15-8-10-16(13)9-4-7-12-5-2-1-3-6-12/h1-8,10H,9H2. The quantitative estimate of drug-likeness (QED) is 0.779. The Labute approximate surface area is 94.3 Å². The molecule has 2 aromatic rings. The highest BCUT2D eigenvalue weighted by atomic mass is 15.0. The molecular formula is C13H11N3. The van der Waals surface area contributed by atoms with Gasteiger partial charge in [0.05, 0.1) is 0 Å². The predicted octanol–water partition coefficient (Wildman–Crippen LogP) is 2.47. The Bertz CT molecular complexity index is 518. The number of nitrogens with zero attached hydrogens (tertiary/aromatic N) is 3. The molecule has 16 heavy (non-hydrogen) atoms. The zero-order chi connectivity index (χ0) is 11.2. The molecule has 0 amide bonds. The van der Waals surface area contributed by atoms with E-state index in [9.17, 15) is 0 Å². The fraction of sp³-hybridized carbons (Fsp3) is 0.0769. The van der Waals surface area contributed by atoms with Crippen LogP contribution in [-0.4, -0.2) is 9.55 Å². The topological polar surface area (TPSA) is 41.6 Å². The number of hydrogen-bond donors (Lipinski definition) is 0. The first kappa shape index (κ1) is 10.2. The van der Waals surface area contributed by atoms with Gasteiger partial charge in [0.1, 0.15) is 6.07 Å². The summed E-state index contributed by atoms with van der Waals surface area (Å²) in [6.07, 6.45) is 7.47. The smallest absolute Gasteiger partial charge is 0.213 e. The second kappa shape index (κ2) is 4.94. The van der Waals surface area contributed by atoms with E-state index in [-0.39, 0.29) is 0 Å². The summed E-state index contributed by atoms with van der Waals surface area (Å²) in [5, 5.41) is 8.77. The van der Waals surface area contributed by atoms with E-state index < -0.39 is 0 Å². The van der Waals surface area contributed by atoms with Crippen LogP contribution in [0.15, 0.2) is 48.8 Å². The third-order valence-electron chi connectivity index (χ3n) is 2.23.